The van der Waals surface area contributed by atoms with Gasteiger partial charge in [0.1, 0.15) is 23.5 Å². The Morgan fingerprint density at radius 3 is 2.65 bits per heavy atom. The maximum Gasteiger partial charge on any atom is 0.344 e. The van der Waals surface area contributed by atoms with E-state index in [2.05, 4.69) is 0 Å². The molecule has 1 saturated heterocycles. The van der Waals surface area contributed by atoms with Crippen molar-refractivity contribution in [3.8, 4) is 0 Å². The van der Waals surface area contributed by atoms with Gasteiger partial charge in [-0.15, -0.1) is 0 Å². The van der Waals surface area contributed by atoms with Crippen LogP contribution < -0.4 is 5.73 Å². The van der Waals surface area contributed by atoms with Crippen molar-refractivity contribution in [3.63, 3.8) is 0 Å². The summed E-state index contributed by atoms with van der Waals surface area (Å²) in [5.41, 5.74) is 9.88. The Bertz CT molecular complexity index is 1280. The molecule has 158 valence electrons. The number of nitrogens with zero attached hydrogens (tertiary/aromatic N) is 3. The van der Waals surface area contributed by atoms with E-state index in [0.717, 1.165) is 18.4 Å². The fourth-order valence-corrected chi connectivity index (χ4v) is 4.09. The number of rotatable bonds is 5. The number of hydrogen-bond donors (Lipinski definition) is 1. The molecule has 0 amide bonds. The Kier molecular flexibility index (Phi) is 5.21. The molecule has 4 aromatic rings. The summed E-state index contributed by atoms with van der Waals surface area (Å²) in [7, 11) is 0. The molecule has 1 atom stereocenters. The molecular formula is C23H21ClN4O3. The lowest BCUT2D eigenvalue weighted by Gasteiger charge is -2.11. The van der Waals surface area contributed by atoms with Gasteiger partial charge in [0.05, 0.1) is 23.7 Å². The van der Waals surface area contributed by atoms with E-state index in [4.69, 9.17) is 36.8 Å². The number of benzene rings is 2. The molecular weight excluding hydrogens is 416 g/mol. The number of aromatic nitrogens is 3. The van der Waals surface area contributed by atoms with Crippen LogP contribution in [0.2, 0.25) is 5.02 Å². The van der Waals surface area contributed by atoms with Gasteiger partial charge in [0.15, 0.2) is 5.65 Å². The van der Waals surface area contributed by atoms with Crippen LogP contribution in [0.4, 0.5) is 5.82 Å². The average Bonchev–Trinajstić information content (AvgIpc) is 3.39. The summed E-state index contributed by atoms with van der Waals surface area (Å²) in [5.74, 6) is -0.275. The Morgan fingerprint density at radius 2 is 1.90 bits per heavy atom. The third kappa shape index (κ3) is 3.71. The van der Waals surface area contributed by atoms with Crippen molar-refractivity contribution in [3.05, 3.63) is 64.7 Å². The number of halogens is 1. The maximum atomic E-state index is 13.0. The molecule has 2 aromatic carbocycles. The van der Waals surface area contributed by atoms with Gasteiger partial charge in [0.25, 0.3) is 0 Å². The van der Waals surface area contributed by atoms with Gasteiger partial charge in [-0.3, -0.25) is 0 Å². The van der Waals surface area contributed by atoms with Gasteiger partial charge in [-0.05, 0) is 36.6 Å². The number of para-hydroxylation sites is 2. The van der Waals surface area contributed by atoms with Crippen molar-refractivity contribution in [2.24, 2.45) is 0 Å². The van der Waals surface area contributed by atoms with Gasteiger partial charge in [0.2, 0.25) is 0 Å². The highest BCUT2D eigenvalue weighted by molar-refractivity contribution is 6.31. The smallest absolute Gasteiger partial charge is 0.344 e. The number of nitrogen functional groups attached to an aromatic ring is 1. The number of anilines is 1. The van der Waals surface area contributed by atoms with Crippen LogP contribution in [-0.2, 0) is 16.0 Å². The Morgan fingerprint density at radius 1 is 1.16 bits per heavy atom. The van der Waals surface area contributed by atoms with E-state index < -0.39 is 5.97 Å². The van der Waals surface area contributed by atoms with Gasteiger partial charge in [-0.25, -0.2) is 14.8 Å². The number of carbonyl (C=O) groups excluding carboxylic acids is 1. The third-order valence-electron chi connectivity index (χ3n) is 5.51. The first-order valence-corrected chi connectivity index (χ1v) is 10.6. The number of esters is 1. The number of carbonyl (C=O) groups is 1. The van der Waals surface area contributed by atoms with Gasteiger partial charge < -0.3 is 19.8 Å². The summed E-state index contributed by atoms with van der Waals surface area (Å²) in [4.78, 5) is 22.5. The minimum absolute atomic E-state index is 0.0754. The van der Waals surface area contributed by atoms with Crippen LogP contribution in [0.5, 0.6) is 0 Å². The highest BCUT2D eigenvalue weighted by Gasteiger charge is 2.27. The summed E-state index contributed by atoms with van der Waals surface area (Å²) in [5, 5.41) is 0.611. The Balaban J connectivity index is 1.61. The largest absolute Gasteiger partial charge is 0.459 e. The molecule has 1 fully saturated rings. The standard InChI is InChI=1S/C23H21ClN4O3/c24-16-8-2-1-6-14(16)12-28-21(25)19(23(29)31-13-15-7-5-11-30-15)20-22(28)27-18-10-4-3-9-17(18)26-20/h1-4,6,8-10,15H,5,7,11-13,25H2/t15-/m0/s1. The molecule has 31 heavy (non-hydrogen) atoms. The molecule has 1 aliphatic heterocycles. The minimum Gasteiger partial charge on any atom is -0.459 e. The molecule has 0 bridgehead atoms. The van der Waals surface area contributed by atoms with Crippen LogP contribution in [0.25, 0.3) is 22.2 Å². The van der Waals surface area contributed by atoms with Crippen molar-refractivity contribution in [1.82, 2.24) is 14.5 Å². The maximum absolute atomic E-state index is 13.0. The zero-order valence-electron chi connectivity index (χ0n) is 16.8. The highest BCUT2D eigenvalue weighted by Crippen LogP contribution is 2.30. The fourth-order valence-electron chi connectivity index (χ4n) is 3.89. The van der Waals surface area contributed by atoms with Gasteiger partial charge >= 0.3 is 5.97 Å². The first kappa shape index (κ1) is 19.8. The molecule has 8 heteroatoms. The van der Waals surface area contributed by atoms with E-state index in [0.29, 0.717) is 40.4 Å². The van der Waals surface area contributed by atoms with E-state index in [1.54, 1.807) is 4.57 Å². The predicted octanol–water partition coefficient (Wildman–Crippen LogP) is 4.20. The lowest BCUT2D eigenvalue weighted by molar-refractivity contribution is 0.0163. The van der Waals surface area contributed by atoms with Crippen molar-refractivity contribution in [2.45, 2.75) is 25.5 Å². The summed E-state index contributed by atoms with van der Waals surface area (Å²) >= 11 is 6.37. The second-order valence-corrected chi connectivity index (χ2v) is 7.96. The summed E-state index contributed by atoms with van der Waals surface area (Å²) < 4.78 is 12.9. The Labute approximate surface area is 183 Å². The van der Waals surface area contributed by atoms with Gasteiger partial charge in [0, 0.05) is 11.6 Å². The normalized spacial score (nSPS) is 16.2. The molecule has 0 spiro atoms. The van der Waals surface area contributed by atoms with Crippen LogP contribution in [0.3, 0.4) is 0 Å². The van der Waals surface area contributed by atoms with Crippen LogP contribution in [0.15, 0.2) is 48.5 Å². The second-order valence-electron chi connectivity index (χ2n) is 7.56. The average molecular weight is 437 g/mol. The summed E-state index contributed by atoms with van der Waals surface area (Å²) in [6, 6.07) is 15.0. The second kappa shape index (κ2) is 8.17. The lowest BCUT2D eigenvalue weighted by atomic mass is 10.2. The molecule has 2 aromatic heterocycles. The molecule has 0 saturated carbocycles. The number of nitrogens with two attached hydrogens (primary N) is 1. The molecule has 0 radical (unpaired) electrons. The highest BCUT2D eigenvalue weighted by atomic mass is 35.5. The predicted molar refractivity (Wildman–Crippen MR) is 119 cm³/mol. The van der Waals surface area contributed by atoms with E-state index in [9.17, 15) is 4.79 Å². The van der Waals surface area contributed by atoms with Gasteiger partial charge in [-0.2, -0.15) is 0 Å². The molecule has 5 rings (SSSR count). The van der Waals surface area contributed by atoms with E-state index >= 15 is 0 Å². The van der Waals surface area contributed by atoms with E-state index in [-0.39, 0.29) is 24.1 Å². The quantitative estimate of drug-likeness (QED) is 0.471. The van der Waals surface area contributed by atoms with Crippen LogP contribution >= 0.6 is 11.6 Å². The molecule has 2 N–H and O–H groups in total. The first-order chi connectivity index (χ1) is 15.1. The van der Waals surface area contributed by atoms with Crippen LogP contribution in [0.1, 0.15) is 28.8 Å². The van der Waals surface area contributed by atoms with Crippen LogP contribution in [0, 0.1) is 0 Å². The lowest BCUT2D eigenvalue weighted by Crippen LogP contribution is -2.18. The SMILES string of the molecule is Nc1c(C(=O)OC[C@@H]2CCCO2)c2nc3ccccc3nc2n1Cc1ccccc1Cl. The summed E-state index contributed by atoms with van der Waals surface area (Å²) in [6.07, 6.45) is 1.77. The van der Waals surface area contributed by atoms with E-state index in [1.807, 2.05) is 48.5 Å². The monoisotopic (exact) mass is 436 g/mol. The molecule has 7 nitrogen and oxygen atoms in total. The fraction of sp³-hybridized carbons (Fsp3) is 0.261. The minimum atomic E-state index is -0.527. The topological polar surface area (TPSA) is 92.3 Å². The molecule has 0 aliphatic carbocycles. The summed E-state index contributed by atoms with van der Waals surface area (Å²) in [6.45, 7) is 1.24. The molecule has 3 heterocycles. The van der Waals surface area contributed by atoms with Gasteiger partial charge in [-0.1, -0.05) is 41.9 Å². The van der Waals surface area contributed by atoms with E-state index in [1.165, 1.54) is 0 Å². The molecule has 0 unspecified atom stereocenters. The Hall–Kier alpha value is -3.16. The zero-order valence-corrected chi connectivity index (χ0v) is 17.5. The van der Waals surface area contributed by atoms with Crippen molar-refractivity contribution in [2.75, 3.05) is 18.9 Å². The molecule has 1 aliphatic rings. The first-order valence-electron chi connectivity index (χ1n) is 10.2. The van der Waals surface area contributed by atoms with Crippen molar-refractivity contribution in [1.29, 1.82) is 0 Å². The number of fused-ring (bicyclic) bond motifs is 2. The zero-order chi connectivity index (χ0) is 21.4. The van der Waals surface area contributed by atoms with Crippen molar-refractivity contribution < 1.29 is 14.3 Å². The van der Waals surface area contributed by atoms with Crippen molar-refractivity contribution >= 4 is 45.6 Å². The third-order valence-corrected chi connectivity index (χ3v) is 5.88. The van der Waals surface area contributed by atoms with Crippen LogP contribution in [-0.4, -0.2) is 39.8 Å². The number of hydrogen-bond acceptors (Lipinski definition) is 6. The number of ether oxygens (including phenoxy) is 2.